The molecule has 0 bridgehead atoms. The first-order chi connectivity index (χ1) is 7.63. The van der Waals surface area contributed by atoms with Gasteiger partial charge in [0.1, 0.15) is 11.9 Å². The summed E-state index contributed by atoms with van der Waals surface area (Å²) in [4.78, 5) is 0. The summed E-state index contributed by atoms with van der Waals surface area (Å²) in [6.45, 7) is 0. The molecule has 16 heavy (non-hydrogen) atoms. The van der Waals surface area contributed by atoms with Gasteiger partial charge >= 0.3 is 0 Å². The van der Waals surface area contributed by atoms with Crippen LogP contribution in [0.15, 0.2) is 18.2 Å². The zero-order valence-corrected chi connectivity index (χ0v) is 9.48. The van der Waals surface area contributed by atoms with E-state index in [4.69, 9.17) is 21.6 Å². The number of hydrogen-bond acceptors (Lipinski definition) is 4. The number of halogens is 1. The van der Waals surface area contributed by atoms with Crippen LogP contribution in [0.5, 0.6) is 5.75 Å². The molecule has 1 rings (SSSR count). The van der Waals surface area contributed by atoms with E-state index in [2.05, 4.69) is 0 Å². The Morgan fingerprint density at radius 2 is 2.19 bits per heavy atom. The second-order valence-electron chi connectivity index (χ2n) is 3.23. The molecule has 2 unspecified atom stereocenters. The largest absolute Gasteiger partial charge is 0.497 e. The van der Waals surface area contributed by atoms with Crippen LogP contribution in [0.3, 0.4) is 0 Å². The first-order valence-electron chi connectivity index (χ1n) is 4.64. The van der Waals surface area contributed by atoms with Crippen molar-refractivity contribution in [3.63, 3.8) is 0 Å². The van der Waals surface area contributed by atoms with Crippen LogP contribution in [0.2, 0.25) is 0 Å². The van der Waals surface area contributed by atoms with Crippen LogP contribution < -0.4 is 4.74 Å². The maximum Gasteiger partial charge on any atom is 0.119 e. The fourth-order valence-electron chi connectivity index (χ4n) is 1.31. The van der Waals surface area contributed by atoms with Gasteiger partial charge in [-0.25, -0.2) is 0 Å². The first-order valence-corrected chi connectivity index (χ1v) is 5.17. The average molecular weight is 242 g/mol. The number of nitriles is 1. The highest BCUT2D eigenvalue weighted by atomic mass is 35.5. The number of rotatable bonds is 4. The fourth-order valence-corrected chi connectivity index (χ4v) is 1.47. The van der Waals surface area contributed by atoms with E-state index in [1.807, 2.05) is 6.07 Å². The molecule has 0 saturated heterocycles. The molecule has 1 aromatic rings. The highest BCUT2D eigenvalue weighted by Crippen LogP contribution is 2.25. The maximum absolute atomic E-state index is 9.78. The predicted molar refractivity (Wildman–Crippen MR) is 59.4 cm³/mol. The summed E-state index contributed by atoms with van der Waals surface area (Å²) in [7, 11) is 1.48. The molecule has 0 heterocycles. The van der Waals surface area contributed by atoms with Gasteiger partial charge in [-0.3, -0.25) is 0 Å². The van der Waals surface area contributed by atoms with Crippen molar-refractivity contribution < 1.29 is 14.9 Å². The number of hydrogen-bond donors (Lipinski definition) is 2. The van der Waals surface area contributed by atoms with E-state index in [1.165, 1.54) is 19.2 Å². The normalized spacial score (nSPS) is 13.9. The van der Waals surface area contributed by atoms with Gasteiger partial charge in [-0.2, -0.15) is 5.26 Å². The summed E-state index contributed by atoms with van der Waals surface area (Å²) in [5, 5.41) is 28.1. The third-order valence-electron chi connectivity index (χ3n) is 2.22. The Morgan fingerprint density at radius 1 is 1.50 bits per heavy atom. The Hall–Kier alpha value is -1.28. The smallest absolute Gasteiger partial charge is 0.119 e. The molecule has 1 aromatic carbocycles. The quantitative estimate of drug-likeness (QED) is 0.777. The minimum Gasteiger partial charge on any atom is -0.497 e. The van der Waals surface area contributed by atoms with Crippen molar-refractivity contribution in [3.8, 4) is 11.8 Å². The number of benzene rings is 1. The van der Waals surface area contributed by atoms with Crippen LogP contribution >= 0.6 is 11.6 Å². The molecule has 0 amide bonds. The van der Waals surface area contributed by atoms with Crippen molar-refractivity contribution in [2.45, 2.75) is 12.2 Å². The third-order valence-corrected chi connectivity index (χ3v) is 2.54. The van der Waals surface area contributed by atoms with E-state index >= 15 is 0 Å². The lowest BCUT2D eigenvalue weighted by molar-refractivity contribution is 0.0324. The lowest BCUT2D eigenvalue weighted by Crippen LogP contribution is -2.20. The third kappa shape index (κ3) is 2.64. The zero-order valence-electron chi connectivity index (χ0n) is 8.72. The number of nitrogens with zero attached hydrogens (tertiary/aromatic N) is 1. The van der Waals surface area contributed by atoms with Crippen LogP contribution in [-0.4, -0.2) is 29.3 Å². The van der Waals surface area contributed by atoms with E-state index < -0.39 is 12.2 Å². The fraction of sp³-hybridized carbons (Fsp3) is 0.364. The average Bonchev–Trinajstić information content (AvgIpc) is 2.35. The van der Waals surface area contributed by atoms with Crippen LogP contribution in [0.1, 0.15) is 17.2 Å². The lowest BCUT2D eigenvalue weighted by Gasteiger charge is -2.17. The minimum absolute atomic E-state index is 0.108. The summed E-state index contributed by atoms with van der Waals surface area (Å²) >= 11 is 5.44. The van der Waals surface area contributed by atoms with Gasteiger partial charge in [0.15, 0.2) is 0 Å². The Labute approximate surface area is 98.7 Å². The highest BCUT2D eigenvalue weighted by molar-refractivity contribution is 6.18. The van der Waals surface area contributed by atoms with Crippen molar-refractivity contribution in [1.29, 1.82) is 5.26 Å². The molecule has 0 radical (unpaired) electrons. The van der Waals surface area contributed by atoms with Gasteiger partial charge in [-0.1, -0.05) is 0 Å². The molecule has 0 saturated carbocycles. The topological polar surface area (TPSA) is 73.5 Å². The number of methoxy groups -OCH3 is 1. The van der Waals surface area contributed by atoms with Crippen LogP contribution in [0.4, 0.5) is 0 Å². The van der Waals surface area contributed by atoms with Gasteiger partial charge in [-0.15, -0.1) is 11.6 Å². The summed E-state index contributed by atoms with van der Waals surface area (Å²) in [5.74, 6) is 0.401. The van der Waals surface area contributed by atoms with Crippen LogP contribution in [0, 0.1) is 11.3 Å². The van der Waals surface area contributed by atoms with Crippen molar-refractivity contribution in [2.24, 2.45) is 0 Å². The summed E-state index contributed by atoms with van der Waals surface area (Å²) < 4.78 is 4.98. The Morgan fingerprint density at radius 3 is 2.69 bits per heavy atom. The molecule has 0 aromatic heterocycles. The molecule has 0 aliphatic rings. The minimum atomic E-state index is -1.19. The Bertz CT molecular complexity index is 403. The molecule has 4 nitrogen and oxygen atoms in total. The molecule has 86 valence electrons. The van der Waals surface area contributed by atoms with Gasteiger partial charge in [0.2, 0.25) is 0 Å². The number of aliphatic hydroxyl groups is 2. The standard InChI is InChI=1S/C11H12ClNO3/c1-16-8-3-2-7(6-13)9(4-8)11(15)10(14)5-12/h2-4,10-11,14-15H,5H2,1H3. The molecule has 0 aliphatic carbocycles. The van der Waals surface area contributed by atoms with Crippen LogP contribution in [0.25, 0.3) is 0 Å². The second-order valence-corrected chi connectivity index (χ2v) is 3.54. The SMILES string of the molecule is COc1ccc(C#N)c(C(O)C(O)CCl)c1. The van der Waals surface area contributed by atoms with Crippen LogP contribution in [-0.2, 0) is 0 Å². The molecule has 2 N–H and O–H groups in total. The van der Waals surface area contributed by atoms with E-state index in [9.17, 15) is 10.2 Å². The van der Waals surface area contributed by atoms with Gasteiger partial charge in [-0.05, 0) is 18.2 Å². The van der Waals surface area contributed by atoms with Gasteiger partial charge in [0.05, 0.1) is 30.7 Å². The molecule has 0 fully saturated rings. The van der Waals surface area contributed by atoms with Crippen molar-refractivity contribution in [2.75, 3.05) is 13.0 Å². The second kappa shape index (κ2) is 5.71. The number of aliphatic hydroxyl groups excluding tert-OH is 2. The summed E-state index contributed by atoms with van der Waals surface area (Å²) in [6.07, 6.45) is -2.30. The summed E-state index contributed by atoms with van der Waals surface area (Å²) in [5.41, 5.74) is 0.604. The monoisotopic (exact) mass is 241 g/mol. The van der Waals surface area contributed by atoms with E-state index in [0.717, 1.165) is 0 Å². The molecule has 5 heteroatoms. The number of ether oxygens (including phenoxy) is 1. The predicted octanol–water partition coefficient (Wildman–Crippen LogP) is 1.20. The molecular formula is C11H12ClNO3. The Kier molecular flexibility index (Phi) is 4.56. The van der Waals surface area contributed by atoms with Gasteiger partial charge in [0.25, 0.3) is 0 Å². The van der Waals surface area contributed by atoms with Crippen molar-refractivity contribution in [1.82, 2.24) is 0 Å². The molecule has 2 atom stereocenters. The van der Waals surface area contributed by atoms with E-state index in [0.29, 0.717) is 11.3 Å². The van der Waals surface area contributed by atoms with E-state index in [1.54, 1.807) is 6.07 Å². The maximum atomic E-state index is 9.78. The van der Waals surface area contributed by atoms with Gasteiger partial charge in [0, 0.05) is 5.56 Å². The zero-order chi connectivity index (χ0) is 12.1. The van der Waals surface area contributed by atoms with E-state index in [-0.39, 0.29) is 11.4 Å². The van der Waals surface area contributed by atoms with Gasteiger partial charge < -0.3 is 14.9 Å². The highest BCUT2D eigenvalue weighted by Gasteiger charge is 2.21. The molecule has 0 spiro atoms. The first kappa shape index (κ1) is 12.8. The molecule has 0 aliphatic heterocycles. The lowest BCUT2D eigenvalue weighted by atomic mass is 9.99. The molecular weight excluding hydrogens is 230 g/mol. The Balaban J connectivity index is 3.14. The van der Waals surface area contributed by atoms with Crippen molar-refractivity contribution >= 4 is 11.6 Å². The number of alkyl halides is 1. The van der Waals surface area contributed by atoms with Crippen molar-refractivity contribution in [3.05, 3.63) is 29.3 Å². The summed E-state index contributed by atoms with van der Waals surface area (Å²) in [6, 6.07) is 6.59.